The highest BCUT2D eigenvalue weighted by Gasteiger charge is 2.12. The molecule has 4 aromatic rings. The summed E-state index contributed by atoms with van der Waals surface area (Å²) in [7, 11) is 0. The summed E-state index contributed by atoms with van der Waals surface area (Å²) in [6.07, 6.45) is 3.03. The van der Waals surface area contributed by atoms with Crippen molar-refractivity contribution in [2.45, 2.75) is 26.5 Å². The molecule has 0 bridgehead atoms. The van der Waals surface area contributed by atoms with Crippen molar-refractivity contribution in [2.24, 2.45) is 0 Å². The Morgan fingerprint density at radius 1 is 0.969 bits per heavy atom. The molecule has 4 nitrogen and oxygen atoms in total. The first kappa shape index (κ1) is 22.4. The van der Waals surface area contributed by atoms with Gasteiger partial charge in [-0.1, -0.05) is 46.3 Å². The van der Waals surface area contributed by atoms with Crippen LogP contribution >= 0.6 is 15.9 Å². The highest BCUT2D eigenvalue weighted by molar-refractivity contribution is 9.10. The van der Waals surface area contributed by atoms with Gasteiger partial charge < -0.3 is 19.8 Å². The molecule has 0 fully saturated rings. The molecule has 0 atom stereocenters. The van der Waals surface area contributed by atoms with Gasteiger partial charge in [-0.2, -0.15) is 0 Å². The van der Waals surface area contributed by atoms with E-state index >= 15 is 0 Å². The van der Waals surface area contributed by atoms with Crippen LogP contribution < -0.4 is 14.8 Å². The van der Waals surface area contributed by atoms with E-state index in [2.05, 4.69) is 50.6 Å². The first-order valence-electron chi connectivity index (χ1n) is 10.7. The maximum absolute atomic E-state index is 13.1. The van der Waals surface area contributed by atoms with E-state index in [1.165, 1.54) is 28.6 Å². The first-order valence-corrected chi connectivity index (χ1v) is 11.5. The molecule has 0 radical (unpaired) electrons. The van der Waals surface area contributed by atoms with E-state index in [-0.39, 0.29) is 5.82 Å². The van der Waals surface area contributed by atoms with Crippen molar-refractivity contribution >= 4 is 26.8 Å². The number of aromatic amines is 1. The Morgan fingerprint density at radius 2 is 1.75 bits per heavy atom. The topological polar surface area (TPSA) is 46.3 Å². The Labute approximate surface area is 195 Å². The van der Waals surface area contributed by atoms with Crippen molar-refractivity contribution in [3.8, 4) is 11.5 Å². The van der Waals surface area contributed by atoms with Gasteiger partial charge >= 0.3 is 0 Å². The van der Waals surface area contributed by atoms with Gasteiger partial charge in [-0.25, -0.2) is 4.39 Å². The second-order valence-corrected chi connectivity index (χ2v) is 8.38. The zero-order chi connectivity index (χ0) is 22.3. The summed E-state index contributed by atoms with van der Waals surface area (Å²) >= 11 is 3.66. The van der Waals surface area contributed by atoms with Crippen molar-refractivity contribution in [1.82, 2.24) is 10.3 Å². The summed E-state index contributed by atoms with van der Waals surface area (Å²) in [4.78, 5) is 3.33. The highest BCUT2D eigenvalue weighted by atomic mass is 79.9. The summed E-state index contributed by atoms with van der Waals surface area (Å²) in [5, 5.41) is 4.80. The number of rotatable bonds is 10. The van der Waals surface area contributed by atoms with E-state index in [1.54, 1.807) is 12.1 Å². The lowest BCUT2D eigenvalue weighted by atomic mass is 10.1. The molecule has 0 amide bonds. The van der Waals surface area contributed by atoms with Crippen LogP contribution in [0, 0.1) is 5.82 Å². The van der Waals surface area contributed by atoms with Gasteiger partial charge in [-0.15, -0.1) is 0 Å². The molecule has 0 saturated heterocycles. The van der Waals surface area contributed by atoms with Gasteiger partial charge in [0.25, 0.3) is 0 Å². The largest absolute Gasteiger partial charge is 0.490 e. The van der Waals surface area contributed by atoms with E-state index in [4.69, 9.17) is 9.47 Å². The minimum absolute atomic E-state index is 0.256. The lowest BCUT2D eigenvalue weighted by Crippen LogP contribution is -2.17. The van der Waals surface area contributed by atoms with Crippen LogP contribution in [0.2, 0.25) is 0 Å². The lowest BCUT2D eigenvalue weighted by molar-refractivity contribution is 0.268. The number of nitrogens with one attached hydrogen (secondary N) is 2. The molecule has 0 aliphatic carbocycles. The normalized spacial score (nSPS) is 11.1. The quantitative estimate of drug-likeness (QED) is 0.250. The van der Waals surface area contributed by atoms with Crippen molar-refractivity contribution in [2.75, 3.05) is 13.2 Å². The van der Waals surface area contributed by atoms with Crippen LogP contribution in [0.4, 0.5) is 4.39 Å². The number of H-pyrrole nitrogens is 1. The van der Waals surface area contributed by atoms with Crippen LogP contribution in [0.3, 0.4) is 0 Å². The van der Waals surface area contributed by atoms with Gasteiger partial charge in [-0.3, -0.25) is 0 Å². The summed E-state index contributed by atoms with van der Waals surface area (Å²) in [5.74, 6) is 1.10. The first-order chi connectivity index (χ1) is 15.6. The maximum atomic E-state index is 13.1. The summed E-state index contributed by atoms with van der Waals surface area (Å²) in [5.41, 5.74) is 4.48. The summed E-state index contributed by atoms with van der Waals surface area (Å²) in [6.45, 7) is 4.41. The molecule has 1 aromatic heterocycles. The zero-order valence-corrected chi connectivity index (χ0v) is 19.5. The minimum Gasteiger partial charge on any atom is -0.490 e. The second kappa shape index (κ2) is 10.7. The van der Waals surface area contributed by atoms with E-state index in [1.807, 2.05) is 25.1 Å². The minimum atomic E-state index is -0.256. The number of aromatic nitrogens is 1. The number of hydrogen-bond acceptors (Lipinski definition) is 3. The van der Waals surface area contributed by atoms with Gasteiger partial charge in [-0.05, 0) is 66.9 Å². The van der Waals surface area contributed by atoms with Crippen molar-refractivity contribution < 1.29 is 13.9 Å². The standard InChI is InChI=1S/C26H26BrFN2O2/c1-2-31-25-13-20(15-29-12-11-19-16-30-24-6-4-3-5-22(19)24)23(27)14-26(25)32-17-18-7-9-21(28)10-8-18/h3-10,13-14,16,29-30H,2,11-12,15,17H2,1H3. The molecular formula is C26H26BrFN2O2. The van der Waals surface area contributed by atoms with Gasteiger partial charge in [0.05, 0.1) is 6.61 Å². The molecular weight excluding hydrogens is 471 g/mol. The number of fused-ring (bicyclic) bond motifs is 1. The third-order valence-electron chi connectivity index (χ3n) is 5.28. The fourth-order valence-corrected chi connectivity index (χ4v) is 4.08. The van der Waals surface area contributed by atoms with E-state index in [0.717, 1.165) is 28.6 Å². The molecule has 166 valence electrons. The molecule has 0 aliphatic rings. The summed E-state index contributed by atoms with van der Waals surface area (Å²) in [6, 6.07) is 18.6. The fourth-order valence-electron chi connectivity index (χ4n) is 3.62. The third-order valence-corrected chi connectivity index (χ3v) is 6.02. The highest BCUT2D eigenvalue weighted by Crippen LogP contribution is 2.34. The Morgan fingerprint density at radius 3 is 2.56 bits per heavy atom. The molecule has 0 saturated carbocycles. The molecule has 2 N–H and O–H groups in total. The fraction of sp³-hybridized carbons (Fsp3) is 0.231. The number of hydrogen-bond donors (Lipinski definition) is 2. The smallest absolute Gasteiger partial charge is 0.162 e. The Bertz CT molecular complexity index is 1170. The van der Waals surface area contributed by atoms with Crippen LogP contribution in [0.15, 0.2) is 71.3 Å². The van der Waals surface area contributed by atoms with E-state index < -0.39 is 0 Å². The van der Waals surface area contributed by atoms with Crippen molar-refractivity contribution in [3.05, 3.63) is 93.8 Å². The molecule has 6 heteroatoms. The molecule has 32 heavy (non-hydrogen) atoms. The third kappa shape index (κ3) is 5.50. The molecule has 0 spiro atoms. The maximum Gasteiger partial charge on any atom is 0.162 e. The Kier molecular flexibility index (Phi) is 7.45. The SMILES string of the molecule is CCOc1cc(CNCCc2c[nH]c3ccccc23)c(Br)cc1OCc1ccc(F)cc1. The molecule has 1 heterocycles. The predicted octanol–water partition coefficient (Wildman–Crippen LogP) is 6.38. The van der Waals surface area contributed by atoms with Crippen LogP contribution in [-0.2, 0) is 19.6 Å². The van der Waals surface area contributed by atoms with Crippen LogP contribution in [0.5, 0.6) is 11.5 Å². The number of para-hydroxylation sites is 1. The van der Waals surface area contributed by atoms with Crippen molar-refractivity contribution in [3.63, 3.8) is 0 Å². The number of ether oxygens (including phenoxy) is 2. The molecule has 3 aromatic carbocycles. The lowest BCUT2D eigenvalue weighted by Gasteiger charge is -2.15. The average molecular weight is 497 g/mol. The summed E-state index contributed by atoms with van der Waals surface area (Å²) < 4.78 is 25.8. The van der Waals surface area contributed by atoms with E-state index in [9.17, 15) is 4.39 Å². The van der Waals surface area contributed by atoms with Gasteiger partial charge in [0, 0.05) is 28.1 Å². The Hall–Kier alpha value is -2.83. The van der Waals surface area contributed by atoms with Gasteiger partial charge in [0.1, 0.15) is 12.4 Å². The number of halogens is 2. The van der Waals surface area contributed by atoms with Crippen LogP contribution in [0.25, 0.3) is 10.9 Å². The molecule has 0 aliphatic heterocycles. The average Bonchev–Trinajstić information content (AvgIpc) is 3.21. The molecule has 4 rings (SSSR count). The monoisotopic (exact) mass is 496 g/mol. The van der Waals surface area contributed by atoms with Gasteiger partial charge in [0.15, 0.2) is 11.5 Å². The van der Waals surface area contributed by atoms with Gasteiger partial charge in [0.2, 0.25) is 0 Å². The zero-order valence-electron chi connectivity index (χ0n) is 18.0. The van der Waals surface area contributed by atoms with Crippen molar-refractivity contribution in [1.29, 1.82) is 0 Å². The van der Waals surface area contributed by atoms with E-state index in [0.29, 0.717) is 31.3 Å². The molecule has 0 unspecified atom stereocenters. The Balaban J connectivity index is 1.37. The van der Waals surface area contributed by atoms with Crippen LogP contribution in [-0.4, -0.2) is 18.1 Å². The van der Waals surface area contributed by atoms with Crippen LogP contribution in [0.1, 0.15) is 23.6 Å². The predicted molar refractivity (Wildman–Crippen MR) is 130 cm³/mol. The number of benzene rings is 3. The second-order valence-electron chi connectivity index (χ2n) is 7.52.